The van der Waals surface area contributed by atoms with E-state index in [0.717, 1.165) is 5.56 Å². The highest BCUT2D eigenvalue weighted by Gasteiger charge is 2.64. The third-order valence-electron chi connectivity index (χ3n) is 9.85. The second-order valence-corrected chi connectivity index (χ2v) is 11.6. The van der Waals surface area contributed by atoms with Gasteiger partial charge in [-0.3, -0.25) is 9.59 Å². The van der Waals surface area contributed by atoms with Gasteiger partial charge in [0, 0.05) is 24.7 Å². The van der Waals surface area contributed by atoms with Gasteiger partial charge in [0.1, 0.15) is 12.2 Å². The van der Waals surface area contributed by atoms with E-state index in [9.17, 15) is 24.9 Å². The van der Waals surface area contributed by atoms with E-state index in [1.807, 2.05) is 37.3 Å². The summed E-state index contributed by atoms with van der Waals surface area (Å²) in [6.45, 7) is 5.88. The monoisotopic (exact) mass is 498 g/mol. The molecule has 1 heterocycles. The molecule has 3 N–H and O–H groups in total. The standard InChI is InChI=1S/C29H38O7/c1-16-21(36-24(31)10-9-18-7-5-4-6-8-18)11-12-29(34)14-20-19-15-35-22(19)13-23(30)28(20,3)27(33)26(32)25(16)17(29)2/h4-8,17,19-23,26,30,32,34H,9-15H2,1-3H3/t17-,19-,20?,21-,22+,23-,26+,28-,29+/m0/s1. The topological polar surface area (TPSA) is 113 Å². The molecular formula is C29H38O7. The zero-order chi connectivity index (χ0) is 25.8. The van der Waals surface area contributed by atoms with Gasteiger partial charge in [-0.1, -0.05) is 37.3 Å². The van der Waals surface area contributed by atoms with Gasteiger partial charge in [-0.15, -0.1) is 0 Å². The number of ether oxygens (including phenoxy) is 2. The van der Waals surface area contributed by atoms with Crippen molar-refractivity contribution in [3.05, 3.63) is 47.0 Å². The van der Waals surface area contributed by atoms with E-state index in [2.05, 4.69) is 0 Å². The molecule has 7 heteroatoms. The van der Waals surface area contributed by atoms with Crippen molar-refractivity contribution in [2.75, 3.05) is 6.61 Å². The zero-order valence-electron chi connectivity index (χ0n) is 21.4. The molecule has 2 saturated carbocycles. The number of esters is 1. The summed E-state index contributed by atoms with van der Waals surface area (Å²) in [6.07, 6.45) is -0.945. The molecule has 2 bridgehead atoms. The second-order valence-electron chi connectivity index (χ2n) is 11.6. The number of hydrogen-bond acceptors (Lipinski definition) is 7. The number of carbonyl (C=O) groups is 2. The lowest BCUT2D eigenvalue weighted by Gasteiger charge is -2.59. The molecule has 7 nitrogen and oxygen atoms in total. The van der Waals surface area contributed by atoms with Gasteiger partial charge in [0.15, 0.2) is 5.78 Å². The number of carbonyl (C=O) groups excluding carboxylic acids is 2. The molecule has 0 radical (unpaired) electrons. The summed E-state index contributed by atoms with van der Waals surface area (Å²) in [7, 11) is 0. The Labute approximate surface area is 212 Å². The fourth-order valence-corrected chi connectivity index (χ4v) is 7.26. The number of Topliss-reactive ketones (excluding diaryl/α,β-unsaturated/α-hetero) is 1. The molecule has 196 valence electrons. The van der Waals surface area contributed by atoms with Crippen LogP contribution in [0.25, 0.3) is 0 Å². The van der Waals surface area contributed by atoms with Crippen LogP contribution in [-0.4, -0.2) is 63.7 Å². The summed E-state index contributed by atoms with van der Waals surface area (Å²) in [5, 5.41) is 34.6. The first-order valence-corrected chi connectivity index (χ1v) is 13.2. The molecule has 3 aliphatic carbocycles. The van der Waals surface area contributed by atoms with E-state index >= 15 is 0 Å². The van der Waals surface area contributed by atoms with E-state index < -0.39 is 41.0 Å². The minimum absolute atomic E-state index is 0.0623. The number of ketones is 1. The summed E-state index contributed by atoms with van der Waals surface area (Å²) in [5.74, 6) is -1.49. The van der Waals surface area contributed by atoms with Gasteiger partial charge in [0.2, 0.25) is 0 Å². The lowest BCUT2D eigenvalue weighted by atomic mass is 9.51. The van der Waals surface area contributed by atoms with Crippen LogP contribution in [0.2, 0.25) is 0 Å². The van der Waals surface area contributed by atoms with Crippen LogP contribution in [0, 0.1) is 23.2 Å². The van der Waals surface area contributed by atoms with Crippen LogP contribution in [0.1, 0.15) is 58.4 Å². The van der Waals surface area contributed by atoms with Crippen molar-refractivity contribution in [2.24, 2.45) is 23.2 Å². The molecule has 4 aliphatic rings. The fraction of sp³-hybridized carbons (Fsp3) is 0.655. The second kappa shape index (κ2) is 9.35. The van der Waals surface area contributed by atoms with Gasteiger partial charge in [0.25, 0.3) is 0 Å². The maximum absolute atomic E-state index is 13.9. The van der Waals surface area contributed by atoms with Crippen LogP contribution in [-0.2, 0) is 25.5 Å². The third-order valence-corrected chi connectivity index (χ3v) is 9.85. The average Bonchev–Trinajstić information content (AvgIpc) is 2.93. The Morgan fingerprint density at radius 1 is 1.22 bits per heavy atom. The Balaban J connectivity index is 1.44. The largest absolute Gasteiger partial charge is 0.458 e. The van der Waals surface area contributed by atoms with Crippen LogP contribution < -0.4 is 0 Å². The molecule has 1 aromatic carbocycles. The van der Waals surface area contributed by atoms with E-state index in [0.29, 0.717) is 49.9 Å². The number of benzene rings is 1. The van der Waals surface area contributed by atoms with Crippen molar-refractivity contribution in [3.8, 4) is 0 Å². The molecule has 36 heavy (non-hydrogen) atoms. The van der Waals surface area contributed by atoms with Gasteiger partial charge < -0.3 is 24.8 Å². The number of aryl methyl sites for hydroxylation is 1. The molecule has 0 spiro atoms. The number of aliphatic hydroxyl groups excluding tert-OH is 2. The maximum atomic E-state index is 13.9. The van der Waals surface area contributed by atoms with Crippen LogP contribution in [0.4, 0.5) is 0 Å². The number of fused-ring (bicyclic) bond motifs is 5. The molecule has 1 unspecified atom stereocenters. The fourth-order valence-electron chi connectivity index (χ4n) is 7.26. The van der Waals surface area contributed by atoms with Gasteiger partial charge in [-0.05, 0) is 62.2 Å². The Morgan fingerprint density at radius 2 is 1.94 bits per heavy atom. The number of aliphatic hydroxyl groups is 3. The Bertz CT molecular complexity index is 1050. The Morgan fingerprint density at radius 3 is 2.61 bits per heavy atom. The molecule has 0 amide bonds. The summed E-state index contributed by atoms with van der Waals surface area (Å²) < 4.78 is 11.6. The van der Waals surface area contributed by atoms with Gasteiger partial charge >= 0.3 is 5.97 Å². The van der Waals surface area contributed by atoms with Gasteiger partial charge in [0.05, 0.1) is 29.8 Å². The van der Waals surface area contributed by atoms with Gasteiger partial charge in [-0.2, -0.15) is 0 Å². The Kier molecular flexibility index (Phi) is 6.65. The molecule has 9 atom stereocenters. The summed E-state index contributed by atoms with van der Waals surface area (Å²) >= 11 is 0. The minimum atomic E-state index is -1.48. The molecule has 5 rings (SSSR count). The quantitative estimate of drug-likeness (QED) is 0.432. The molecule has 3 fully saturated rings. The van der Waals surface area contributed by atoms with Crippen molar-refractivity contribution in [2.45, 2.75) is 89.3 Å². The van der Waals surface area contributed by atoms with Crippen LogP contribution in [0.5, 0.6) is 0 Å². The lowest BCUT2D eigenvalue weighted by molar-refractivity contribution is -0.236. The predicted octanol–water partition coefficient (Wildman–Crippen LogP) is 2.74. The highest BCUT2D eigenvalue weighted by Crippen LogP contribution is 2.57. The molecule has 1 saturated heterocycles. The third kappa shape index (κ3) is 4.05. The van der Waals surface area contributed by atoms with E-state index in [-0.39, 0.29) is 30.3 Å². The molecule has 1 aliphatic heterocycles. The van der Waals surface area contributed by atoms with E-state index in [1.54, 1.807) is 13.8 Å². The molecule has 1 aromatic rings. The number of hydrogen-bond donors (Lipinski definition) is 3. The highest BCUT2D eigenvalue weighted by molar-refractivity contribution is 5.92. The SMILES string of the molecule is CC1=C2[C@@H](O)C(=O)[C@@]3(C)C(C[C@](O)(CC[C@@H]1OC(=O)CCc1ccccc1)[C@H]2C)[C@@H]1CO[C@@H]1C[C@@H]3O. The van der Waals surface area contributed by atoms with E-state index in [4.69, 9.17) is 9.47 Å². The Hall–Kier alpha value is -2.06. The summed E-state index contributed by atoms with van der Waals surface area (Å²) in [5.41, 5.74) is -0.280. The van der Waals surface area contributed by atoms with Crippen molar-refractivity contribution >= 4 is 11.8 Å². The average molecular weight is 499 g/mol. The normalized spacial score (nSPS) is 42.3. The lowest BCUT2D eigenvalue weighted by Crippen LogP contribution is -2.66. The summed E-state index contributed by atoms with van der Waals surface area (Å²) in [4.78, 5) is 26.6. The maximum Gasteiger partial charge on any atom is 0.306 e. The first-order chi connectivity index (χ1) is 17.1. The van der Waals surface area contributed by atoms with Crippen molar-refractivity contribution in [1.29, 1.82) is 0 Å². The molecular weight excluding hydrogens is 460 g/mol. The first-order valence-electron chi connectivity index (χ1n) is 13.2. The summed E-state index contributed by atoms with van der Waals surface area (Å²) in [6, 6.07) is 9.72. The van der Waals surface area contributed by atoms with Crippen LogP contribution in [0.3, 0.4) is 0 Å². The molecule has 0 aromatic heterocycles. The van der Waals surface area contributed by atoms with Gasteiger partial charge in [-0.25, -0.2) is 0 Å². The minimum Gasteiger partial charge on any atom is -0.458 e. The number of rotatable bonds is 4. The van der Waals surface area contributed by atoms with Crippen molar-refractivity contribution in [3.63, 3.8) is 0 Å². The van der Waals surface area contributed by atoms with E-state index in [1.165, 1.54) is 0 Å². The smallest absolute Gasteiger partial charge is 0.306 e. The predicted molar refractivity (Wildman–Crippen MR) is 132 cm³/mol. The van der Waals surface area contributed by atoms with Crippen molar-refractivity contribution < 1.29 is 34.4 Å². The van der Waals surface area contributed by atoms with Crippen LogP contribution in [0.15, 0.2) is 41.5 Å². The highest BCUT2D eigenvalue weighted by atomic mass is 16.5. The van der Waals surface area contributed by atoms with Crippen LogP contribution >= 0.6 is 0 Å². The zero-order valence-corrected chi connectivity index (χ0v) is 21.4. The first kappa shape index (κ1) is 25.6. The van der Waals surface area contributed by atoms with Crippen molar-refractivity contribution in [1.82, 2.24) is 0 Å².